The van der Waals surface area contributed by atoms with E-state index in [9.17, 15) is 231 Å². The molecule has 0 radical (unpaired) electrons. The molecule has 0 saturated carbocycles. The van der Waals surface area contributed by atoms with Crippen molar-refractivity contribution in [2.75, 3.05) is 131 Å². The highest BCUT2D eigenvalue weighted by Gasteiger charge is 2.48. The van der Waals surface area contributed by atoms with Gasteiger partial charge in [-0.25, -0.2) is 0 Å². The lowest BCUT2D eigenvalue weighted by Gasteiger charge is -2.44. The lowest BCUT2D eigenvalue weighted by molar-refractivity contribution is -0.151. The number of rotatable bonds is 62. The van der Waals surface area contributed by atoms with Crippen molar-refractivity contribution in [1.29, 1.82) is 0 Å². The van der Waals surface area contributed by atoms with E-state index in [1.807, 2.05) is 26.6 Å². The molecule has 0 aromatic heterocycles. The normalized spacial score (nSPS) is 22.0. The predicted molar refractivity (Wildman–Crippen MR) is 396 cm³/mol. The second kappa shape index (κ2) is 54.1. The van der Waals surface area contributed by atoms with E-state index in [-0.39, 0.29) is 0 Å². The maximum Gasteiger partial charge on any atom is 0.320 e. The van der Waals surface area contributed by atoms with Gasteiger partial charge in [0.25, 0.3) is 29.5 Å². The smallest absolute Gasteiger partial charge is 0.320 e. The maximum absolute atomic E-state index is 14.2. The van der Waals surface area contributed by atoms with Crippen LogP contribution < -0.4 is 42.5 Å². The summed E-state index contributed by atoms with van der Waals surface area (Å²) in [5, 5.41) is 375. The van der Waals surface area contributed by atoms with Crippen LogP contribution in [0.1, 0.15) is 32.6 Å². The molecule has 0 aromatic carbocycles. The van der Waals surface area contributed by atoms with Gasteiger partial charge in [-0.15, -0.1) is 0 Å². The molecule has 123 heavy (non-hydrogen) atoms. The summed E-state index contributed by atoms with van der Waals surface area (Å²) in [6.45, 7) is -20.8. The number of nitrogens with one attached hydrogen (secondary N) is 8. The Morgan fingerprint density at radius 1 is 0.317 bits per heavy atom. The Kier molecular flexibility index (Phi) is 50.0. The summed E-state index contributed by atoms with van der Waals surface area (Å²) in [6, 6.07) is -4.00. The monoisotopic (exact) mass is 1800 g/mol. The van der Waals surface area contributed by atoms with Crippen LogP contribution in [0.25, 0.3) is 0 Å². The van der Waals surface area contributed by atoms with Gasteiger partial charge in [-0.3, -0.25) is 72.8 Å². The molecule has 0 aliphatic carbocycles. The third-order valence-corrected chi connectivity index (χ3v) is 20.3. The molecule has 0 spiro atoms. The highest BCUT2D eigenvalue weighted by Crippen LogP contribution is 2.28. The number of carbonyl (C=O) groups excluding carboxylic acids is 7. The molecule has 1 fully saturated rings. The Bertz CT molecular complexity index is 3110. The van der Waals surface area contributed by atoms with E-state index in [2.05, 4.69) is 16.0 Å². The standard InChI is InChI=1S/C66H121N11O46/c1-64(77(8-36(92)93)9-37(94)95)24-75(26(62(120)121)2-4-34(90)67-16-65(18-69-56(114)50(108)44(102)38(96)28(84)10-78,19-70-57(115)51(109)45(103)39(97)29(85)11-79)20-71-58(116)52(110)46(104)40(98)30(86)12-80)6-7-76(25-64)27(63(122)123)3-5-35(91)68-17-66(21-72-59(117)53(111)47(105)41(99)31(87)13-81,22-73-60(118)54(112)48(106)42(100)32(88)14-82)23-74-61(119)55(113)49(107)43(101)33(89)15-83/h26-33,38-56,69,78-89,96-114H,2-25H2,1H3,(H,67,90)(H,68,91)(H,70,115)(H,71,116)(H,72,117)(H,73,118)(H,74,119)(H,92,93)(H,94,95)(H,120,121)(H,122,123). The number of carboxylic acids is 4. The first-order chi connectivity index (χ1) is 57.1. The van der Waals surface area contributed by atoms with Crippen LogP contribution in [0.3, 0.4) is 0 Å². The number of aliphatic carboxylic acids is 4. The molecule has 1 aliphatic heterocycles. The van der Waals surface area contributed by atoms with Gasteiger partial charge in [-0.1, -0.05) is 0 Å². The van der Waals surface area contributed by atoms with Crippen LogP contribution >= 0.6 is 0 Å². The SMILES string of the molecule is CC1(N(CC(=O)O)CC(=O)O)CN(C(CCC(=O)NCC(CNC(=O)C(O)C(O)C(O)C(O)CO)(CNC(=O)C(O)C(O)C(O)C(O)CO)CNC(=O)C(O)C(O)C(O)C(O)CO)C(=O)O)CCN(C(CCC(=O)NCC(CNC(=O)C(O)C(O)C(O)C(O)CO)(CNC(=O)C(O)C(O)C(O)C(O)CO)CNC(O)C(O)C(O)C(O)C(O)CO)C(=O)O)C1. The van der Waals surface area contributed by atoms with Crippen LogP contribution in [0, 0.1) is 10.8 Å². The van der Waals surface area contributed by atoms with Gasteiger partial charge >= 0.3 is 23.9 Å². The average Bonchev–Trinajstić information content (AvgIpc) is 1.70. The quantitative estimate of drug-likeness (QED) is 0.0251. The zero-order chi connectivity index (χ0) is 94.8. The van der Waals surface area contributed by atoms with Crippen LogP contribution in [0.2, 0.25) is 0 Å². The van der Waals surface area contributed by atoms with E-state index < -0.39 is 403 Å². The molecule has 1 saturated heterocycles. The Morgan fingerprint density at radius 3 is 0.756 bits per heavy atom. The van der Waals surface area contributed by atoms with Crippen molar-refractivity contribution in [3.05, 3.63) is 0 Å². The Labute approximate surface area is 697 Å². The number of carboxylic acid groups (broad SMARTS) is 4. The summed E-state index contributed by atoms with van der Waals surface area (Å²) < 4.78 is 0. The molecule has 7 amide bonds. The highest BCUT2D eigenvalue weighted by atomic mass is 16.5. The predicted octanol–water partition coefficient (Wildman–Crippen LogP) is -26.4. The van der Waals surface area contributed by atoms with Crippen molar-refractivity contribution in [3.63, 3.8) is 0 Å². The van der Waals surface area contributed by atoms with Crippen LogP contribution in [0.15, 0.2) is 0 Å². The summed E-state index contributed by atoms with van der Waals surface area (Å²) in [5.74, 6) is -18.2. The second-order valence-electron chi connectivity index (χ2n) is 29.9. The fourth-order valence-corrected chi connectivity index (χ4v) is 12.2. The third-order valence-electron chi connectivity index (χ3n) is 20.3. The summed E-state index contributed by atoms with van der Waals surface area (Å²) in [4.78, 5) is 151. The average molecular weight is 1800 g/mol. The minimum Gasteiger partial charge on any atom is -0.480 e. The third kappa shape index (κ3) is 35.2. The fourth-order valence-electron chi connectivity index (χ4n) is 12.2. The minimum atomic E-state index is -2.79. The summed E-state index contributed by atoms with van der Waals surface area (Å²) in [7, 11) is 0. The molecule has 0 bridgehead atoms. The number of hydrogen-bond acceptors (Lipinski definition) is 46. The molecule has 1 heterocycles. The fraction of sp³-hybridized carbons (Fsp3) is 0.833. The zero-order valence-electron chi connectivity index (χ0n) is 66.0. The molecular weight excluding hydrogens is 1680 g/mol. The van der Waals surface area contributed by atoms with Gasteiger partial charge in [-0.2, -0.15) is 0 Å². The number of carbonyl (C=O) groups is 11. The first kappa shape index (κ1) is 114. The molecular formula is C66H121N11O46. The van der Waals surface area contributed by atoms with Crippen LogP contribution in [-0.4, -0.2) is 560 Å². The van der Waals surface area contributed by atoms with Crippen LogP contribution in [0.5, 0.6) is 0 Å². The van der Waals surface area contributed by atoms with Crippen molar-refractivity contribution >= 4 is 65.2 Å². The molecule has 57 nitrogen and oxygen atoms in total. The van der Waals surface area contributed by atoms with Crippen molar-refractivity contribution in [2.24, 2.45) is 10.8 Å². The van der Waals surface area contributed by atoms with Gasteiger partial charge in [0.15, 0.2) is 30.5 Å². The summed E-state index contributed by atoms with van der Waals surface area (Å²) >= 11 is 0. The van der Waals surface area contributed by atoms with E-state index in [1.165, 1.54) is 0 Å². The van der Waals surface area contributed by atoms with E-state index in [0.29, 0.717) is 0 Å². The minimum absolute atomic E-state index is 0.643. The van der Waals surface area contributed by atoms with Gasteiger partial charge in [-0.05, 0) is 19.8 Å². The Balaban J connectivity index is 4.22. The molecule has 716 valence electrons. The van der Waals surface area contributed by atoms with Crippen molar-refractivity contribution in [2.45, 2.75) is 203 Å². The molecule has 0 aromatic rings. The number of hydrogen-bond donors (Lipinski definition) is 43. The van der Waals surface area contributed by atoms with Crippen molar-refractivity contribution in [3.8, 4) is 0 Å². The lowest BCUT2D eigenvalue weighted by Crippen LogP contribution is -2.62. The molecule has 57 heteroatoms. The number of nitrogens with zero attached hydrogens (tertiary/aromatic N) is 3. The first-order valence-corrected chi connectivity index (χ1v) is 37.6. The van der Waals surface area contributed by atoms with Gasteiger partial charge < -0.3 is 216 Å². The molecule has 1 rings (SSSR count). The van der Waals surface area contributed by atoms with E-state index in [0.717, 1.165) is 21.6 Å². The van der Waals surface area contributed by atoms with Crippen LogP contribution in [0.4, 0.5) is 0 Å². The largest absolute Gasteiger partial charge is 0.480 e. The lowest BCUT2D eigenvalue weighted by atomic mass is 9.86. The van der Waals surface area contributed by atoms with Gasteiger partial charge in [0, 0.05) is 108 Å². The van der Waals surface area contributed by atoms with E-state index in [4.69, 9.17) is 0 Å². The van der Waals surface area contributed by atoms with Gasteiger partial charge in [0.2, 0.25) is 11.8 Å². The molecule has 43 N–H and O–H groups in total. The van der Waals surface area contributed by atoms with Crippen molar-refractivity contribution < 1.29 is 231 Å². The summed E-state index contributed by atoms with van der Waals surface area (Å²) in [6.07, 6.45) is -66.6. The van der Waals surface area contributed by atoms with Gasteiger partial charge in [0.05, 0.1) is 52.7 Å². The summed E-state index contributed by atoms with van der Waals surface area (Å²) in [5.41, 5.74) is -6.82. The Hall–Kier alpha value is -7.23. The van der Waals surface area contributed by atoms with Crippen molar-refractivity contribution in [1.82, 2.24) is 57.2 Å². The molecule has 1 aliphatic rings. The topological polar surface area (TPSA) is 1000 Å². The van der Waals surface area contributed by atoms with E-state index in [1.54, 1.807) is 0 Å². The molecule has 28 atom stereocenters. The van der Waals surface area contributed by atoms with Gasteiger partial charge in [0.1, 0.15) is 134 Å². The highest BCUT2D eigenvalue weighted by molar-refractivity contribution is 5.85. The number of amides is 7. The van der Waals surface area contributed by atoms with Crippen LogP contribution in [-0.2, 0) is 52.7 Å². The second-order valence-corrected chi connectivity index (χ2v) is 29.9. The maximum atomic E-state index is 14.2. The first-order valence-electron chi connectivity index (χ1n) is 37.6. The Morgan fingerprint density at radius 2 is 0.537 bits per heavy atom. The van der Waals surface area contributed by atoms with E-state index >= 15 is 0 Å². The zero-order valence-corrected chi connectivity index (χ0v) is 66.0. The number of aliphatic hydroxyl groups is 31. The number of aliphatic hydroxyl groups excluding tert-OH is 31. The molecule has 28 unspecified atom stereocenters.